The van der Waals surface area contributed by atoms with E-state index in [1.807, 2.05) is 6.92 Å². The van der Waals surface area contributed by atoms with Crippen molar-refractivity contribution in [3.05, 3.63) is 0 Å². The van der Waals surface area contributed by atoms with Crippen molar-refractivity contribution in [2.75, 3.05) is 6.54 Å². The van der Waals surface area contributed by atoms with Crippen LogP contribution >= 0.6 is 0 Å². The fourth-order valence-electron chi connectivity index (χ4n) is 2.81. The van der Waals surface area contributed by atoms with Gasteiger partial charge in [0.2, 0.25) is 5.91 Å². The van der Waals surface area contributed by atoms with E-state index < -0.39 is 29.4 Å². The van der Waals surface area contributed by atoms with Crippen LogP contribution in [0.4, 0.5) is 0 Å². The highest BCUT2D eigenvalue weighted by atomic mass is 16.4. The molecule has 0 saturated carbocycles. The fourth-order valence-corrected chi connectivity index (χ4v) is 2.81. The average Bonchev–Trinajstić information content (AvgIpc) is 2.80. The van der Waals surface area contributed by atoms with Crippen LogP contribution in [0.3, 0.4) is 0 Å². The minimum atomic E-state index is -1.17. The Morgan fingerprint density at radius 1 is 1.35 bits per heavy atom. The van der Waals surface area contributed by atoms with E-state index in [-0.39, 0.29) is 12.8 Å². The molecule has 0 radical (unpaired) electrons. The Morgan fingerprint density at radius 3 is 2.50 bits per heavy atom. The van der Waals surface area contributed by atoms with E-state index in [4.69, 9.17) is 10.8 Å². The lowest BCUT2D eigenvalue weighted by Crippen LogP contribution is -2.57. The molecule has 0 aromatic rings. The zero-order valence-electron chi connectivity index (χ0n) is 11.7. The molecule has 4 N–H and O–H groups in total. The van der Waals surface area contributed by atoms with Gasteiger partial charge in [-0.25, -0.2) is 4.79 Å². The first-order valence-corrected chi connectivity index (χ1v) is 6.87. The lowest BCUT2D eigenvalue weighted by atomic mass is 9.90. The van der Waals surface area contributed by atoms with Crippen LogP contribution < -0.4 is 5.73 Å². The molecule has 7 nitrogen and oxygen atoms in total. The summed E-state index contributed by atoms with van der Waals surface area (Å²) in [6.45, 7) is 2.24. The summed E-state index contributed by atoms with van der Waals surface area (Å²) in [5.74, 6) is -2.48. The molecule has 114 valence electrons. The van der Waals surface area contributed by atoms with Gasteiger partial charge >= 0.3 is 11.9 Å². The number of carbonyl (C=O) groups excluding carboxylic acids is 1. The van der Waals surface area contributed by atoms with Gasteiger partial charge in [0, 0.05) is 13.0 Å². The van der Waals surface area contributed by atoms with Crippen molar-refractivity contribution in [3.8, 4) is 0 Å². The van der Waals surface area contributed by atoms with Gasteiger partial charge in [0.1, 0.15) is 5.54 Å². The first kappa shape index (κ1) is 16.4. The Morgan fingerprint density at radius 2 is 2.00 bits per heavy atom. The molecule has 2 unspecified atom stereocenters. The predicted octanol–water partition coefficient (Wildman–Crippen LogP) is 0.424. The van der Waals surface area contributed by atoms with Crippen LogP contribution in [0.15, 0.2) is 0 Å². The van der Waals surface area contributed by atoms with Crippen molar-refractivity contribution in [2.45, 2.75) is 57.0 Å². The first-order valence-electron chi connectivity index (χ1n) is 6.87. The molecule has 1 saturated heterocycles. The third-order valence-electron chi connectivity index (χ3n) is 3.80. The smallest absolute Gasteiger partial charge is 0.329 e. The Labute approximate surface area is 117 Å². The summed E-state index contributed by atoms with van der Waals surface area (Å²) in [5.41, 5.74) is 4.54. The number of hydrogen-bond acceptors (Lipinski definition) is 4. The highest BCUT2D eigenvalue weighted by Crippen LogP contribution is 2.34. The number of nitrogens with zero attached hydrogens (tertiary/aromatic N) is 1. The van der Waals surface area contributed by atoms with E-state index in [0.717, 1.165) is 0 Å². The number of nitrogens with two attached hydrogens (primary N) is 1. The summed E-state index contributed by atoms with van der Waals surface area (Å²) in [5, 5.41) is 18.1. The van der Waals surface area contributed by atoms with Crippen molar-refractivity contribution in [1.82, 2.24) is 4.90 Å². The second-order valence-electron chi connectivity index (χ2n) is 5.22. The van der Waals surface area contributed by atoms with Crippen molar-refractivity contribution in [1.29, 1.82) is 0 Å². The summed E-state index contributed by atoms with van der Waals surface area (Å²) < 4.78 is 0. The van der Waals surface area contributed by atoms with Crippen LogP contribution in [-0.4, -0.2) is 51.1 Å². The molecule has 0 aliphatic carbocycles. The molecule has 1 aliphatic rings. The molecule has 0 aromatic carbocycles. The molecular weight excluding hydrogens is 264 g/mol. The summed E-state index contributed by atoms with van der Waals surface area (Å²) in [4.78, 5) is 35.7. The van der Waals surface area contributed by atoms with Crippen LogP contribution in [0.1, 0.15) is 45.4 Å². The monoisotopic (exact) mass is 286 g/mol. The molecule has 1 heterocycles. The number of rotatable bonds is 7. The van der Waals surface area contributed by atoms with Crippen LogP contribution in [-0.2, 0) is 14.4 Å². The molecule has 1 amide bonds. The molecule has 1 rings (SSSR count). The van der Waals surface area contributed by atoms with Crippen molar-refractivity contribution in [2.24, 2.45) is 5.73 Å². The summed E-state index contributed by atoms with van der Waals surface area (Å²) in [7, 11) is 0. The average molecular weight is 286 g/mol. The molecule has 1 aliphatic heterocycles. The number of amides is 1. The molecule has 20 heavy (non-hydrogen) atoms. The van der Waals surface area contributed by atoms with Gasteiger partial charge in [0.05, 0.1) is 6.04 Å². The van der Waals surface area contributed by atoms with Gasteiger partial charge in [-0.05, 0) is 25.7 Å². The Hall–Kier alpha value is -1.63. The van der Waals surface area contributed by atoms with Crippen molar-refractivity contribution < 1.29 is 24.6 Å². The number of aliphatic carboxylic acids is 2. The van der Waals surface area contributed by atoms with Crippen LogP contribution in [0.25, 0.3) is 0 Å². The van der Waals surface area contributed by atoms with Gasteiger partial charge in [-0.3, -0.25) is 9.59 Å². The minimum absolute atomic E-state index is 0.0203. The number of carboxylic acid groups (broad SMARTS) is 2. The second kappa shape index (κ2) is 6.69. The van der Waals surface area contributed by atoms with Crippen molar-refractivity contribution >= 4 is 17.8 Å². The van der Waals surface area contributed by atoms with Gasteiger partial charge in [-0.15, -0.1) is 0 Å². The Kier molecular flexibility index (Phi) is 5.50. The van der Waals surface area contributed by atoms with Crippen LogP contribution in [0.5, 0.6) is 0 Å². The van der Waals surface area contributed by atoms with E-state index in [1.165, 1.54) is 4.90 Å². The molecule has 7 heteroatoms. The van der Waals surface area contributed by atoms with Gasteiger partial charge in [0.15, 0.2) is 0 Å². The normalized spacial score (nSPS) is 23.6. The topological polar surface area (TPSA) is 121 Å². The highest BCUT2D eigenvalue weighted by molar-refractivity contribution is 5.90. The zero-order chi connectivity index (χ0) is 15.3. The largest absolute Gasteiger partial charge is 0.481 e. The van der Waals surface area contributed by atoms with E-state index >= 15 is 0 Å². The number of hydrogen-bond donors (Lipinski definition) is 3. The molecule has 1 fully saturated rings. The molecule has 2 atom stereocenters. The molecule has 0 aromatic heterocycles. The van der Waals surface area contributed by atoms with E-state index in [0.29, 0.717) is 32.2 Å². The minimum Gasteiger partial charge on any atom is -0.481 e. The molecule has 0 bridgehead atoms. The summed E-state index contributed by atoms with van der Waals surface area (Å²) in [6, 6.07) is -0.959. The number of likely N-dealkylation sites (tertiary alicyclic amines) is 1. The maximum Gasteiger partial charge on any atom is 0.329 e. The van der Waals surface area contributed by atoms with E-state index in [9.17, 15) is 19.5 Å². The lowest BCUT2D eigenvalue weighted by Gasteiger charge is -2.36. The van der Waals surface area contributed by atoms with Crippen molar-refractivity contribution in [3.63, 3.8) is 0 Å². The predicted molar refractivity (Wildman–Crippen MR) is 71.1 cm³/mol. The van der Waals surface area contributed by atoms with E-state index in [2.05, 4.69) is 0 Å². The maximum absolute atomic E-state index is 12.3. The molecular formula is C13H22N2O5. The zero-order valence-corrected chi connectivity index (χ0v) is 11.7. The number of carbonyl (C=O) groups is 3. The van der Waals surface area contributed by atoms with Gasteiger partial charge in [0.25, 0.3) is 0 Å². The third kappa shape index (κ3) is 3.27. The summed E-state index contributed by atoms with van der Waals surface area (Å²) >= 11 is 0. The summed E-state index contributed by atoms with van der Waals surface area (Å²) in [6.07, 6.45) is 1.92. The standard InChI is InChI=1S/C13H22N2O5/c1-2-6-13(12(19)20)7-3-8-15(13)11(18)9(14)4-5-10(16)17/h9H,2-8,14H2,1H3,(H,16,17)(H,19,20). The van der Waals surface area contributed by atoms with Gasteiger partial charge < -0.3 is 20.8 Å². The fraction of sp³-hybridized carbons (Fsp3) is 0.769. The SMILES string of the molecule is CCCC1(C(=O)O)CCCN1C(=O)C(N)CCC(=O)O. The highest BCUT2D eigenvalue weighted by Gasteiger charge is 2.49. The van der Waals surface area contributed by atoms with Crippen LogP contribution in [0.2, 0.25) is 0 Å². The maximum atomic E-state index is 12.3. The van der Waals surface area contributed by atoms with Gasteiger partial charge in [-0.2, -0.15) is 0 Å². The second-order valence-corrected chi connectivity index (χ2v) is 5.22. The number of carboxylic acids is 2. The van der Waals surface area contributed by atoms with Crippen LogP contribution in [0, 0.1) is 0 Å². The van der Waals surface area contributed by atoms with Gasteiger partial charge in [-0.1, -0.05) is 13.3 Å². The van der Waals surface area contributed by atoms with E-state index in [1.54, 1.807) is 0 Å². The third-order valence-corrected chi connectivity index (χ3v) is 3.80. The first-order chi connectivity index (χ1) is 9.35. The Bertz CT molecular complexity index is 398. The molecule has 0 spiro atoms. The Balaban J connectivity index is 2.83. The quantitative estimate of drug-likeness (QED) is 0.624. The lowest BCUT2D eigenvalue weighted by molar-refractivity contribution is -0.157.